The van der Waals surface area contributed by atoms with Crippen molar-refractivity contribution in [1.29, 1.82) is 0 Å². The van der Waals surface area contributed by atoms with Crippen LogP contribution in [0.25, 0.3) is 0 Å². The number of rotatable bonds is 10. The molecule has 0 radical (unpaired) electrons. The van der Waals surface area contributed by atoms with Crippen LogP contribution in [0.2, 0.25) is 0 Å². The van der Waals surface area contributed by atoms with E-state index in [1.54, 1.807) is 13.0 Å². The number of fused-ring (bicyclic) bond motifs is 1. The summed E-state index contributed by atoms with van der Waals surface area (Å²) in [7, 11) is 0. The summed E-state index contributed by atoms with van der Waals surface area (Å²) in [6.07, 6.45) is 3.31. The molecule has 0 saturated heterocycles. The Morgan fingerprint density at radius 3 is 2.63 bits per heavy atom. The summed E-state index contributed by atoms with van der Waals surface area (Å²) in [5.41, 5.74) is 0.877. The average Bonchev–Trinajstić information content (AvgIpc) is 3.36. The number of hydrogen-bond donors (Lipinski definition) is 0. The quantitative estimate of drug-likeness (QED) is 0.440. The Bertz CT molecular complexity index is 944. The van der Waals surface area contributed by atoms with Crippen LogP contribution in [0.4, 0.5) is 13.2 Å². The van der Waals surface area contributed by atoms with E-state index in [1.807, 2.05) is 0 Å². The maximum atomic E-state index is 12.4. The highest BCUT2D eigenvalue weighted by Crippen LogP contribution is 2.34. The predicted molar refractivity (Wildman–Crippen MR) is 124 cm³/mol. The molecule has 1 saturated carbocycles. The van der Waals surface area contributed by atoms with Crippen LogP contribution in [0, 0.1) is 18.8 Å². The first-order valence-corrected chi connectivity index (χ1v) is 13.0. The largest absolute Gasteiger partial charge is 0.467 e. The lowest BCUT2D eigenvalue weighted by Crippen LogP contribution is -2.30. The molecule has 1 fully saturated rings. The second-order valence-electron chi connectivity index (χ2n) is 9.58. The zero-order valence-corrected chi connectivity index (χ0v) is 20.8. The van der Waals surface area contributed by atoms with E-state index >= 15 is 0 Å². The van der Waals surface area contributed by atoms with Gasteiger partial charge >= 0.3 is 6.18 Å². The Kier molecular flexibility index (Phi) is 8.69. The molecule has 4 rings (SSSR count). The number of ether oxygens (including phenoxy) is 2. The third-order valence-corrected chi connectivity index (χ3v) is 7.83. The highest BCUT2D eigenvalue weighted by molar-refractivity contribution is 7.13. The number of alkyl halides is 3. The van der Waals surface area contributed by atoms with Crippen LogP contribution in [-0.4, -0.2) is 59.8 Å². The van der Waals surface area contributed by atoms with Gasteiger partial charge in [0.15, 0.2) is 12.4 Å². The van der Waals surface area contributed by atoms with Crippen molar-refractivity contribution in [1.82, 2.24) is 15.0 Å². The number of thiazole rings is 1. The smallest absolute Gasteiger partial charge is 0.422 e. The van der Waals surface area contributed by atoms with Crippen LogP contribution in [0.5, 0.6) is 11.1 Å². The monoisotopic (exact) mass is 515 g/mol. The van der Waals surface area contributed by atoms with Gasteiger partial charge in [-0.05, 0) is 56.1 Å². The molecule has 2 aliphatic rings. The Morgan fingerprint density at radius 2 is 1.91 bits per heavy atom. The molecule has 0 bridgehead atoms. The van der Waals surface area contributed by atoms with Crippen molar-refractivity contribution < 1.29 is 32.0 Å². The molecular weight excluding hydrogens is 483 g/mol. The average molecular weight is 516 g/mol. The number of hydrogen-bond acceptors (Lipinski definition) is 8. The minimum Gasteiger partial charge on any atom is -0.467 e. The summed E-state index contributed by atoms with van der Waals surface area (Å²) >= 11 is 1.24. The second kappa shape index (κ2) is 11.7. The van der Waals surface area contributed by atoms with E-state index in [9.17, 15) is 18.0 Å². The summed E-state index contributed by atoms with van der Waals surface area (Å²) in [5, 5.41) is 3.86. The molecule has 1 aliphatic heterocycles. The molecule has 0 spiro atoms. The van der Waals surface area contributed by atoms with Crippen molar-refractivity contribution in [2.45, 2.75) is 64.5 Å². The molecule has 35 heavy (non-hydrogen) atoms. The Hall–Kier alpha value is -2.14. The summed E-state index contributed by atoms with van der Waals surface area (Å²) < 4.78 is 52.3. The van der Waals surface area contributed by atoms with Gasteiger partial charge < -0.3 is 18.9 Å². The van der Waals surface area contributed by atoms with Gasteiger partial charge in [0.25, 0.3) is 11.1 Å². The highest BCUT2D eigenvalue weighted by Gasteiger charge is 2.30. The van der Waals surface area contributed by atoms with Gasteiger partial charge in [0.1, 0.15) is 12.4 Å². The standard InChI is InChI=1S/C24H32F3N3O4S/c1-16-12-22(29-34-16)32-14-19(31)13-18-4-2-17(3-5-18)6-9-30-10-7-20-21(8-11-30)35-23(28-20)33-15-24(25,26)27/h12,17-18H,2-11,13-15H2,1H3. The normalized spacial score (nSPS) is 21.4. The molecule has 0 unspecified atom stereocenters. The maximum Gasteiger partial charge on any atom is 0.422 e. The van der Waals surface area contributed by atoms with E-state index in [4.69, 9.17) is 14.0 Å². The predicted octanol–water partition coefficient (Wildman–Crippen LogP) is 5.02. The number of aromatic nitrogens is 2. The molecule has 194 valence electrons. The van der Waals surface area contributed by atoms with Gasteiger partial charge in [0.05, 0.1) is 5.69 Å². The van der Waals surface area contributed by atoms with Crippen LogP contribution in [0.1, 0.15) is 54.9 Å². The van der Waals surface area contributed by atoms with E-state index < -0.39 is 12.8 Å². The van der Waals surface area contributed by atoms with Gasteiger partial charge in [-0.2, -0.15) is 13.2 Å². The number of Topliss-reactive ketones (excluding diaryl/α,β-unsaturated/α-hetero) is 1. The summed E-state index contributed by atoms with van der Waals surface area (Å²) in [4.78, 5) is 20.0. The first kappa shape index (κ1) is 25.9. The van der Waals surface area contributed by atoms with Crippen molar-refractivity contribution >= 4 is 17.1 Å². The molecule has 0 amide bonds. The molecule has 7 nitrogen and oxygen atoms in total. The fraction of sp³-hybridized carbons (Fsp3) is 0.708. The summed E-state index contributed by atoms with van der Waals surface area (Å²) in [6, 6.07) is 1.67. The van der Waals surface area contributed by atoms with Crippen molar-refractivity contribution in [2.75, 3.05) is 32.8 Å². The maximum absolute atomic E-state index is 12.4. The van der Waals surface area contributed by atoms with E-state index in [2.05, 4.69) is 15.0 Å². The Morgan fingerprint density at radius 1 is 1.17 bits per heavy atom. The molecular formula is C24H32F3N3O4S. The van der Waals surface area contributed by atoms with Crippen LogP contribution < -0.4 is 9.47 Å². The van der Waals surface area contributed by atoms with E-state index in [-0.39, 0.29) is 17.6 Å². The van der Waals surface area contributed by atoms with Crippen LogP contribution in [0.15, 0.2) is 10.6 Å². The van der Waals surface area contributed by atoms with Crippen molar-refractivity contribution in [3.8, 4) is 11.1 Å². The third-order valence-electron chi connectivity index (χ3n) is 6.76. The first-order valence-electron chi connectivity index (χ1n) is 12.2. The third kappa shape index (κ3) is 8.20. The van der Waals surface area contributed by atoms with Gasteiger partial charge in [0, 0.05) is 36.9 Å². The topological polar surface area (TPSA) is 77.7 Å². The molecule has 1 aliphatic carbocycles. The fourth-order valence-corrected chi connectivity index (χ4v) is 5.79. The lowest BCUT2D eigenvalue weighted by Gasteiger charge is -2.30. The van der Waals surface area contributed by atoms with Crippen LogP contribution in [-0.2, 0) is 17.6 Å². The van der Waals surface area contributed by atoms with Crippen molar-refractivity contribution in [3.05, 3.63) is 22.4 Å². The number of ketones is 1. The minimum absolute atomic E-state index is 0.0388. The highest BCUT2D eigenvalue weighted by atomic mass is 32.1. The van der Waals surface area contributed by atoms with E-state index in [0.29, 0.717) is 29.9 Å². The van der Waals surface area contributed by atoms with Gasteiger partial charge in [-0.3, -0.25) is 4.79 Å². The Balaban J connectivity index is 1.11. The zero-order valence-electron chi connectivity index (χ0n) is 19.9. The number of carbonyl (C=O) groups excluding carboxylic acids is 1. The van der Waals surface area contributed by atoms with Crippen LogP contribution in [0.3, 0.4) is 0 Å². The van der Waals surface area contributed by atoms with E-state index in [1.165, 1.54) is 11.3 Å². The van der Waals surface area contributed by atoms with Crippen LogP contribution >= 0.6 is 11.3 Å². The zero-order chi connectivity index (χ0) is 24.8. The fourth-order valence-electron chi connectivity index (χ4n) is 4.85. The first-order chi connectivity index (χ1) is 16.7. The van der Waals surface area contributed by atoms with Gasteiger partial charge in [-0.25, -0.2) is 4.98 Å². The van der Waals surface area contributed by atoms with Crippen molar-refractivity contribution in [2.24, 2.45) is 11.8 Å². The molecule has 11 heteroatoms. The number of aryl methyl sites for hydroxylation is 1. The van der Waals surface area contributed by atoms with Gasteiger partial charge in [0.2, 0.25) is 0 Å². The van der Waals surface area contributed by atoms with Gasteiger partial charge in [-0.15, -0.1) is 0 Å². The van der Waals surface area contributed by atoms with Crippen molar-refractivity contribution in [3.63, 3.8) is 0 Å². The lowest BCUT2D eigenvalue weighted by atomic mass is 9.78. The number of nitrogens with zero attached hydrogens (tertiary/aromatic N) is 3. The second-order valence-corrected chi connectivity index (χ2v) is 10.6. The summed E-state index contributed by atoms with van der Waals surface area (Å²) in [5.74, 6) is 2.21. The lowest BCUT2D eigenvalue weighted by molar-refractivity contribution is -0.153. The van der Waals surface area contributed by atoms with Gasteiger partial charge in [-0.1, -0.05) is 24.2 Å². The summed E-state index contributed by atoms with van der Waals surface area (Å²) in [6.45, 7) is 3.30. The molecule has 0 atom stereocenters. The number of halogens is 3. The number of carbonyl (C=O) groups is 1. The minimum atomic E-state index is -4.35. The molecule has 3 heterocycles. The molecule has 0 aromatic carbocycles. The molecule has 2 aromatic heterocycles. The van der Waals surface area contributed by atoms with E-state index in [0.717, 1.165) is 75.2 Å². The molecule has 2 aromatic rings. The molecule has 0 N–H and O–H groups in total. The Labute approximate surface area is 207 Å². The SMILES string of the molecule is Cc1cc(OCC(=O)CC2CCC(CCN3CCc4nc(OCC(F)(F)F)sc4CC3)CC2)no1.